The molecule has 0 aromatic rings. The Bertz CT molecular complexity index is 196. The van der Waals surface area contributed by atoms with Crippen molar-refractivity contribution >= 4 is 14.0 Å². The largest absolute Gasteiger partial charge is 0.481 e. The number of aliphatic carboxylic acids is 1. The summed E-state index contributed by atoms with van der Waals surface area (Å²) in [5.74, 6) is -0.604. The minimum atomic E-state index is -1.26. The van der Waals surface area contributed by atoms with Crippen LogP contribution in [0.1, 0.15) is 25.7 Å². The van der Waals surface area contributed by atoms with Crippen LogP contribution in [0, 0.1) is 5.92 Å². The Labute approximate surface area is 81.4 Å². The first kappa shape index (κ1) is 10.8. The zero-order valence-electron chi connectivity index (χ0n) is 8.84. The minimum Gasteiger partial charge on any atom is -0.481 e. The second-order valence-corrected chi connectivity index (χ2v) is 10.7. The van der Waals surface area contributed by atoms with Gasteiger partial charge >= 0.3 is 5.97 Å². The minimum absolute atomic E-state index is 0.0413. The Hall–Kier alpha value is -0.313. The molecule has 2 atom stereocenters. The first-order valence-corrected chi connectivity index (χ1v) is 8.73. The lowest BCUT2D eigenvalue weighted by Gasteiger charge is -2.37. The molecular formula is C10H20O2Si. The third-order valence-electron chi connectivity index (χ3n) is 3.20. The van der Waals surface area contributed by atoms with E-state index in [0.717, 1.165) is 19.3 Å². The van der Waals surface area contributed by atoms with Crippen LogP contribution in [0.5, 0.6) is 0 Å². The van der Waals surface area contributed by atoms with Crippen molar-refractivity contribution in [3.05, 3.63) is 0 Å². The summed E-state index contributed by atoms with van der Waals surface area (Å²) in [6.07, 6.45) is 4.40. The summed E-state index contributed by atoms with van der Waals surface area (Å²) >= 11 is 0. The normalized spacial score (nSPS) is 30.1. The maximum atomic E-state index is 11.0. The van der Waals surface area contributed by atoms with Gasteiger partial charge in [0.2, 0.25) is 0 Å². The molecule has 13 heavy (non-hydrogen) atoms. The summed E-state index contributed by atoms with van der Waals surface area (Å²) in [7, 11) is -1.26. The molecule has 1 saturated carbocycles. The van der Waals surface area contributed by atoms with E-state index in [1.807, 2.05) is 0 Å². The lowest BCUT2D eigenvalue weighted by molar-refractivity contribution is -0.142. The molecule has 1 aliphatic carbocycles. The van der Waals surface area contributed by atoms with E-state index in [-0.39, 0.29) is 5.92 Å². The summed E-state index contributed by atoms with van der Waals surface area (Å²) in [6, 6.07) is 0. The highest BCUT2D eigenvalue weighted by Crippen LogP contribution is 2.41. The monoisotopic (exact) mass is 200 g/mol. The number of carboxylic acid groups (broad SMARTS) is 1. The summed E-state index contributed by atoms with van der Waals surface area (Å²) in [5, 5.41) is 9.09. The van der Waals surface area contributed by atoms with E-state index >= 15 is 0 Å². The van der Waals surface area contributed by atoms with Gasteiger partial charge in [-0.3, -0.25) is 4.79 Å². The molecule has 0 aromatic heterocycles. The fourth-order valence-corrected chi connectivity index (χ4v) is 5.05. The molecule has 76 valence electrons. The molecule has 0 radical (unpaired) electrons. The van der Waals surface area contributed by atoms with E-state index in [1.165, 1.54) is 6.42 Å². The van der Waals surface area contributed by atoms with Gasteiger partial charge in [0.25, 0.3) is 0 Å². The van der Waals surface area contributed by atoms with Gasteiger partial charge in [0.15, 0.2) is 0 Å². The zero-order chi connectivity index (χ0) is 10.1. The average Bonchev–Trinajstić information content (AvgIpc) is 2.03. The van der Waals surface area contributed by atoms with Gasteiger partial charge in [-0.05, 0) is 12.0 Å². The van der Waals surface area contributed by atoms with Crippen LogP contribution in [0.25, 0.3) is 0 Å². The topological polar surface area (TPSA) is 37.3 Å². The predicted octanol–water partition coefficient (Wildman–Crippen LogP) is 2.97. The van der Waals surface area contributed by atoms with Crippen LogP contribution in [0.15, 0.2) is 0 Å². The lowest BCUT2D eigenvalue weighted by atomic mass is 9.89. The Kier molecular flexibility index (Phi) is 3.17. The smallest absolute Gasteiger partial charge is 0.306 e. The van der Waals surface area contributed by atoms with Crippen molar-refractivity contribution in [2.24, 2.45) is 5.92 Å². The average molecular weight is 200 g/mol. The van der Waals surface area contributed by atoms with E-state index in [9.17, 15) is 4.79 Å². The van der Waals surface area contributed by atoms with Crippen LogP contribution in [0.2, 0.25) is 25.2 Å². The van der Waals surface area contributed by atoms with Gasteiger partial charge in [0.1, 0.15) is 0 Å². The zero-order valence-corrected chi connectivity index (χ0v) is 9.84. The molecule has 0 spiro atoms. The molecule has 2 nitrogen and oxygen atoms in total. The summed E-state index contributed by atoms with van der Waals surface area (Å²) in [4.78, 5) is 11.0. The second-order valence-electron chi connectivity index (χ2n) is 5.20. The molecule has 1 fully saturated rings. The van der Waals surface area contributed by atoms with Crippen molar-refractivity contribution in [2.75, 3.05) is 0 Å². The van der Waals surface area contributed by atoms with Crippen molar-refractivity contribution in [3.63, 3.8) is 0 Å². The van der Waals surface area contributed by atoms with Gasteiger partial charge in [0, 0.05) is 8.07 Å². The molecule has 1 rings (SSSR count). The molecule has 0 saturated heterocycles. The summed E-state index contributed by atoms with van der Waals surface area (Å²) in [6.45, 7) is 6.87. The van der Waals surface area contributed by atoms with Gasteiger partial charge in [-0.15, -0.1) is 0 Å². The Morgan fingerprint density at radius 1 is 1.23 bits per heavy atom. The molecule has 0 aromatic carbocycles. The van der Waals surface area contributed by atoms with Crippen molar-refractivity contribution in [2.45, 2.75) is 50.9 Å². The van der Waals surface area contributed by atoms with E-state index in [2.05, 4.69) is 19.6 Å². The molecule has 3 heteroatoms. The SMILES string of the molecule is C[Si](C)(C)C1CCCCC1C(=O)O. The highest BCUT2D eigenvalue weighted by molar-refractivity contribution is 6.77. The molecule has 1 aliphatic rings. The standard InChI is InChI=1S/C10H20O2Si/c1-13(2,3)9-7-5-4-6-8(9)10(11)12/h8-9H,4-7H2,1-3H3,(H,11,12). The fraction of sp³-hybridized carbons (Fsp3) is 0.900. The number of rotatable bonds is 2. The third kappa shape index (κ3) is 2.56. The molecule has 0 amide bonds. The maximum Gasteiger partial charge on any atom is 0.306 e. The second kappa shape index (κ2) is 3.82. The van der Waals surface area contributed by atoms with E-state index in [0.29, 0.717) is 5.54 Å². The van der Waals surface area contributed by atoms with Crippen LogP contribution in [0.3, 0.4) is 0 Å². The molecule has 0 bridgehead atoms. The van der Waals surface area contributed by atoms with Crippen LogP contribution >= 0.6 is 0 Å². The molecule has 0 aliphatic heterocycles. The molecular weight excluding hydrogens is 180 g/mol. The Morgan fingerprint density at radius 2 is 1.77 bits per heavy atom. The van der Waals surface area contributed by atoms with Crippen LogP contribution in [-0.4, -0.2) is 19.1 Å². The van der Waals surface area contributed by atoms with Crippen molar-refractivity contribution in [1.82, 2.24) is 0 Å². The quantitative estimate of drug-likeness (QED) is 0.696. The number of carbonyl (C=O) groups is 1. The molecule has 0 heterocycles. The maximum absolute atomic E-state index is 11.0. The lowest BCUT2D eigenvalue weighted by Crippen LogP contribution is -2.38. The first-order chi connectivity index (χ1) is 5.93. The van der Waals surface area contributed by atoms with Gasteiger partial charge in [-0.25, -0.2) is 0 Å². The van der Waals surface area contributed by atoms with Gasteiger partial charge in [-0.2, -0.15) is 0 Å². The summed E-state index contributed by atoms with van der Waals surface area (Å²) in [5.41, 5.74) is 0.499. The number of carboxylic acids is 1. The third-order valence-corrected chi connectivity index (χ3v) is 6.11. The molecule has 1 N–H and O–H groups in total. The van der Waals surface area contributed by atoms with E-state index < -0.39 is 14.0 Å². The van der Waals surface area contributed by atoms with E-state index in [1.54, 1.807) is 0 Å². The predicted molar refractivity (Wildman–Crippen MR) is 56.7 cm³/mol. The molecule has 2 unspecified atom stereocenters. The van der Waals surface area contributed by atoms with Crippen molar-refractivity contribution in [3.8, 4) is 0 Å². The van der Waals surface area contributed by atoms with E-state index in [4.69, 9.17) is 5.11 Å². The van der Waals surface area contributed by atoms with Crippen LogP contribution in [-0.2, 0) is 4.79 Å². The Morgan fingerprint density at radius 3 is 2.15 bits per heavy atom. The van der Waals surface area contributed by atoms with Gasteiger partial charge < -0.3 is 5.11 Å². The van der Waals surface area contributed by atoms with Crippen molar-refractivity contribution in [1.29, 1.82) is 0 Å². The van der Waals surface area contributed by atoms with Crippen LogP contribution in [0.4, 0.5) is 0 Å². The number of hydrogen-bond donors (Lipinski definition) is 1. The van der Waals surface area contributed by atoms with Crippen molar-refractivity contribution < 1.29 is 9.90 Å². The van der Waals surface area contributed by atoms with Crippen LogP contribution < -0.4 is 0 Å². The highest BCUT2D eigenvalue weighted by Gasteiger charge is 2.38. The summed E-state index contributed by atoms with van der Waals surface area (Å²) < 4.78 is 0. The Balaban J connectivity index is 2.73. The first-order valence-electron chi connectivity index (χ1n) is 5.15. The highest BCUT2D eigenvalue weighted by atomic mass is 28.3. The number of hydrogen-bond acceptors (Lipinski definition) is 1. The van der Waals surface area contributed by atoms with Gasteiger partial charge in [-0.1, -0.05) is 38.9 Å². The fourth-order valence-electron chi connectivity index (χ4n) is 2.46. The van der Waals surface area contributed by atoms with Gasteiger partial charge in [0.05, 0.1) is 5.92 Å².